The summed E-state index contributed by atoms with van der Waals surface area (Å²) in [5.41, 5.74) is 1.63. The second kappa shape index (κ2) is 10.4. The molecule has 0 saturated carbocycles. The lowest BCUT2D eigenvalue weighted by Crippen LogP contribution is -2.16. The number of ether oxygens (including phenoxy) is 2. The fourth-order valence-corrected chi connectivity index (χ4v) is 3.91. The maximum absolute atomic E-state index is 13.3. The molecule has 8 heteroatoms. The number of benzene rings is 2. The van der Waals surface area contributed by atoms with Gasteiger partial charge in [0.2, 0.25) is 0 Å². The van der Waals surface area contributed by atoms with Crippen LogP contribution in [0.4, 0.5) is 9.39 Å². The van der Waals surface area contributed by atoms with Crippen LogP contribution in [0.15, 0.2) is 59.5 Å². The van der Waals surface area contributed by atoms with Crippen LogP contribution < -0.4 is 10.1 Å². The second-order valence-corrected chi connectivity index (χ2v) is 7.33. The van der Waals surface area contributed by atoms with Gasteiger partial charge in [0.05, 0.1) is 13.7 Å². The molecule has 6 nitrogen and oxygen atoms in total. The Kier molecular flexibility index (Phi) is 7.37. The van der Waals surface area contributed by atoms with Gasteiger partial charge in [0.1, 0.15) is 33.8 Å². The first-order valence-corrected chi connectivity index (χ1v) is 10.5. The minimum Gasteiger partial charge on any atom is -0.496 e. The minimum atomic E-state index is -0.684. The van der Waals surface area contributed by atoms with Crippen LogP contribution in [0.3, 0.4) is 0 Å². The summed E-state index contributed by atoms with van der Waals surface area (Å²) in [6, 6.07) is 14.5. The third kappa shape index (κ3) is 5.02. The molecule has 1 N–H and O–H groups in total. The Balaban J connectivity index is 1.97. The van der Waals surface area contributed by atoms with Crippen molar-refractivity contribution >= 4 is 34.3 Å². The number of halogens is 1. The Morgan fingerprint density at radius 2 is 1.91 bits per heavy atom. The average Bonchev–Trinajstić information content (AvgIpc) is 3.21. The van der Waals surface area contributed by atoms with E-state index in [4.69, 9.17) is 9.47 Å². The number of methoxy groups -OCH3 is 1. The molecular formula is C24H19FN2O4S. The molecule has 3 rings (SSSR count). The third-order valence-corrected chi connectivity index (χ3v) is 5.35. The van der Waals surface area contributed by atoms with Crippen LogP contribution in [0.1, 0.15) is 22.8 Å². The number of carbonyl (C=O) groups excluding carboxylic acids is 2. The monoisotopic (exact) mass is 450 g/mol. The number of hydrogen-bond donors (Lipinski definition) is 1. The van der Waals surface area contributed by atoms with E-state index in [2.05, 4.69) is 5.32 Å². The summed E-state index contributed by atoms with van der Waals surface area (Å²) in [7, 11) is 1.49. The number of carbonyl (C=O) groups is 2. The molecule has 0 aliphatic carbocycles. The highest BCUT2D eigenvalue weighted by molar-refractivity contribution is 7.15. The van der Waals surface area contributed by atoms with Gasteiger partial charge in [-0.1, -0.05) is 30.3 Å². The predicted octanol–water partition coefficient (Wildman–Crippen LogP) is 5.29. The SMILES string of the molecule is CCOC(=O)c1c(-c2ccc(F)cc2)csc1NC(=O)/C(C#N)=C/c1ccccc1OC. The van der Waals surface area contributed by atoms with Crippen molar-refractivity contribution in [2.75, 3.05) is 19.0 Å². The highest BCUT2D eigenvalue weighted by atomic mass is 32.1. The standard InChI is InChI=1S/C24H19FN2O4S/c1-3-31-24(29)21-19(15-8-10-18(25)11-9-15)14-32-23(21)27-22(28)17(13-26)12-16-6-4-5-7-20(16)30-2/h4-12,14H,3H2,1-2H3,(H,27,28)/b17-12+. The van der Waals surface area contributed by atoms with Gasteiger partial charge in [0.15, 0.2) is 0 Å². The van der Waals surface area contributed by atoms with Crippen LogP contribution in [0, 0.1) is 17.1 Å². The average molecular weight is 450 g/mol. The van der Waals surface area contributed by atoms with Crippen molar-refractivity contribution in [2.24, 2.45) is 0 Å². The number of para-hydroxylation sites is 1. The molecule has 2 aromatic carbocycles. The number of rotatable bonds is 7. The van der Waals surface area contributed by atoms with Crippen molar-refractivity contribution in [3.8, 4) is 22.9 Å². The van der Waals surface area contributed by atoms with Crippen molar-refractivity contribution in [3.63, 3.8) is 0 Å². The first-order valence-electron chi connectivity index (χ1n) is 9.59. The van der Waals surface area contributed by atoms with Crippen LogP contribution in [-0.2, 0) is 9.53 Å². The normalized spacial score (nSPS) is 10.9. The number of amides is 1. The van der Waals surface area contributed by atoms with Gasteiger partial charge < -0.3 is 14.8 Å². The molecule has 0 atom stereocenters. The summed E-state index contributed by atoms with van der Waals surface area (Å²) in [5.74, 6) is -1.21. The zero-order chi connectivity index (χ0) is 23.1. The smallest absolute Gasteiger partial charge is 0.341 e. The molecule has 0 radical (unpaired) electrons. The zero-order valence-corrected chi connectivity index (χ0v) is 18.2. The van der Waals surface area contributed by atoms with Crippen molar-refractivity contribution < 1.29 is 23.5 Å². The first-order chi connectivity index (χ1) is 15.5. The maximum atomic E-state index is 13.3. The molecule has 0 unspecified atom stereocenters. The lowest BCUT2D eigenvalue weighted by molar-refractivity contribution is -0.112. The van der Waals surface area contributed by atoms with E-state index in [0.717, 1.165) is 11.3 Å². The van der Waals surface area contributed by atoms with Gasteiger partial charge in [-0.3, -0.25) is 4.79 Å². The molecule has 1 heterocycles. The topological polar surface area (TPSA) is 88.4 Å². The largest absolute Gasteiger partial charge is 0.496 e. The number of nitrogens with zero attached hydrogens (tertiary/aromatic N) is 1. The number of nitrogens with one attached hydrogen (secondary N) is 1. The Labute approximate surface area is 188 Å². The Bertz CT molecular complexity index is 1210. The second-order valence-electron chi connectivity index (χ2n) is 6.45. The van der Waals surface area contributed by atoms with E-state index in [1.54, 1.807) is 36.6 Å². The van der Waals surface area contributed by atoms with E-state index < -0.39 is 17.7 Å². The molecular weight excluding hydrogens is 431 g/mol. The number of hydrogen-bond acceptors (Lipinski definition) is 6. The fourth-order valence-electron chi connectivity index (χ4n) is 2.96. The Morgan fingerprint density at radius 3 is 2.56 bits per heavy atom. The van der Waals surface area contributed by atoms with Gasteiger partial charge in [0, 0.05) is 16.5 Å². The van der Waals surface area contributed by atoms with Gasteiger partial charge in [0.25, 0.3) is 5.91 Å². The van der Waals surface area contributed by atoms with Crippen LogP contribution in [0.5, 0.6) is 5.75 Å². The molecule has 0 spiro atoms. The molecule has 0 fully saturated rings. The highest BCUT2D eigenvalue weighted by Gasteiger charge is 2.24. The fraction of sp³-hybridized carbons (Fsp3) is 0.125. The summed E-state index contributed by atoms with van der Waals surface area (Å²) in [6.07, 6.45) is 1.41. The first kappa shape index (κ1) is 22.7. The molecule has 0 bridgehead atoms. The molecule has 32 heavy (non-hydrogen) atoms. The van der Waals surface area contributed by atoms with E-state index in [1.165, 1.54) is 37.5 Å². The van der Waals surface area contributed by atoms with Crippen molar-refractivity contribution in [1.29, 1.82) is 5.26 Å². The van der Waals surface area contributed by atoms with Gasteiger partial charge in [-0.25, -0.2) is 9.18 Å². The van der Waals surface area contributed by atoms with Crippen molar-refractivity contribution in [3.05, 3.63) is 76.4 Å². The van der Waals surface area contributed by atoms with Crippen LogP contribution in [0.2, 0.25) is 0 Å². The lowest BCUT2D eigenvalue weighted by Gasteiger charge is -2.09. The molecule has 0 aliphatic rings. The molecule has 3 aromatic rings. The summed E-state index contributed by atoms with van der Waals surface area (Å²) < 4.78 is 23.7. The minimum absolute atomic E-state index is 0.141. The van der Waals surface area contributed by atoms with E-state index in [0.29, 0.717) is 22.4 Å². The molecule has 0 aliphatic heterocycles. The van der Waals surface area contributed by atoms with Crippen molar-refractivity contribution in [2.45, 2.75) is 6.92 Å². The zero-order valence-electron chi connectivity index (χ0n) is 17.3. The predicted molar refractivity (Wildman–Crippen MR) is 121 cm³/mol. The van der Waals surface area contributed by atoms with E-state index in [1.807, 2.05) is 6.07 Å². The summed E-state index contributed by atoms with van der Waals surface area (Å²) in [4.78, 5) is 25.5. The van der Waals surface area contributed by atoms with Crippen LogP contribution in [0.25, 0.3) is 17.2 Å². The third-order valence-electron chi connectivity index (χ3n) is 4.46. The number of nitriles is 1. The maximum Gasteiger partial charge on any atom is 0.341 e. The van der Waals surface area contributed by atoms with E-state index in [9.17, 15) is 19.2 Å². The van der Waals surface area contributed by atoms with E-state index in [-0.39, 0.29) is 22.7 Å². The van der Waals surface area contributed by atoms with Gasteiger partial charge in [-0.2, -0.15) is 5.26 Å². The Hall–Kier alpha value is -3.96. The Morgan fingerprint density at radius 1 is 1.19 bits per heavy atom. The number of anilines is 1. The van der Waals surface area contributed by atoms with Crippen LogP contribution in [-0.4, -0.2) is 25.6 Å². The summed E-state index contributed by atoms with van der Waals surface area (Å²) in [5, 5.41) is 14.1. The van der Waals surface area contributed by atoms with E-state index >= 15 is 0 Å². The molecule has 1 aromatic heterocycles. The quantitative estimate of drug-likeness (QED) is 0.300. The number of thiophene rings is 1. The van der Waals surface area contributed by atoms with Crippen LogP contribution >= 0.6 is 11.3 Å². The molecule has 162 valence electrons. The van der Waals surface area contributed by atoms with Gasteiger partial charge >= 0.3 is 5.97 Å². The molecule has 1 amide bonds. The van der Waals surface area contributed by atoms with Crippen molar-refractivity contribution in [1.82, 2.24) is 0 Å². The summed E-state index contributed by atoms with van der Waals surface area (Å²) in [6.45, 7) is 1.81. The summed E-state index contributed by atoms with van der Waals surface area (Å²) >= 11 is 1.11. The number of esters is 1. The highest BCUT2D eigenvalue weighted by Crippen LogP contribution is 2.36. The van der Waals surface area contributed by atoms with Gasteiger partial charge in [-0.15, -0.1) is 11.3 Å². The molecule has 0 saturated heterocycles. The van der Waals surface area contributed by atoms with Gasteiger partial charge in [-0.05, 0) is 36.8 Å². The lowest BCUT2D eigenvalue weighted by atomic mass is 10.0.